The van der Waals surface area contributed by atoms with Gasteiger partial charge in [-0.3, -0.25) is 48.4 Å². The van der Waals surface area contributed by atoms with Crippen LogP contribution in [0.2, 0.25) is 0 Å². The lowest BCUT2D eigenvalue weighted by atomic mass is 9.93. The number of aliphatic hydroxyl groups excluding tert-OH is 2. The second-order valence-electron chi connectivity index (χ2n) is 23.5. The molecule has 11 rings (SSSR count). The van der Waals surface area contributed by atoms with E-state index < -0.39 is 54.1 Å². The number of pyridine rings is 1. The summed E-state index contributed by atoms with van der Waals surface area (Å²) in [7, 11) is 2.88. The molecular formula is C70H71N9O15. The summed E-state index contributed by atoms with van der Waals surface area (Å²) in [5.41, 5.74) is 7.24. The lowest BCUT2D eigenvalue weighted by Gasteiger charge is -2.39. The number of rotatable bonds is 23. The van der Waals surface area contributed by atoms with Gasteiger partial charge < -0.3 is 59.6 Å². The third-order valence-corrected chi connectivity index (χ3v) is 17.1. The topological polar surface area (TPSA) is 297 Å². The van der Waals surface area contributed by atoms with Crippen molar-refractivity contribution in [2.75, 3.05) is 31.0 Å². The molecule has 8 amide bonds. The molecule has 0 fully saturated rings. The molecule has 0 aliphatic carbocycles. The third-order valence-electron chi connectivity index (χ3n) is 17.1. The predicted molar refractivity (Wildman–Crippen MR) is 343 cm³/mol. The van der Waals surface area contributed by atoms with Crippen LogP contribution in [0.5, 0.6) is 23.0 Å². The van der Waals surface area contributed by atoms with E-state index in [0.29, 0.717) is 88.8 Å². The Hall–Kier alpha value is -10.7. The normalized spacial score (nSPS) is 17.4. The Labute approximate surface area is 541 Å². The van der Waals surface area contributed by atoms with E-state index >= 15 is 0 Å². The number of carbonyl (C=O) groups is 8. The molecule has 5 N–H and O–H groups in total. The van der Waals surface area contributed by atoms with Crippen LogP contribution in [-0.4, -0.2) is 135 Å². The van der Waals surface area contributed by atoms with Gasteiger partial charge in [-0.15, -0.1) is 0 Å². The zero-order valence-electron chi connectivity index (χ0n) is 52.3. The van der Waals surface area contributed by atoms with Crippen LogP contribution in [0.15, 0.2) is 138 Å². The molecule has 2 unspecified atom stereocenters. The lowest BCUT2D eigenvalue weighted by Crippen LogP contribution is -2.55. The summed E-state index contributed by atoms with van der Waals surface area (Å²) >= 11 is 0. The molecule has 486 valence electrons. The maximum Gasteiger partial charge on any atom is 0.416 e. The fourth-order valence-electron chi connectivity index (χ4n) is 12.0. The maximum atomic E-state index is 14.8. The van der Waals surface area contributed by atoms with Gasteiger partial charge in [0.2, 0.25) is 17.7 Å². The number of benzene rings is 5. The summed E-state index contributed by atoms with van der Waals surface area (Å²) < 4.78 is 30.2. The van der Waals surface area contributed by atoms with E-state index in [1.165, 1.54) is 55.9 Å². The first-order valence-electron chi connectivity index (χ1n) is 30.8. The molecule has 0 saturated heterocycles. The van der Waals surface area contributed by atoms with E-state index in [4.69, 9.17) is 33.7 Å². The minimum atomic E-state index is -1.63. The average Bonchev–Trinajstić information content (AvgIpc) is 1.58. The number of fused-ring (bicyclic) bond motifs is 6. The number of unbranched alkanes of at least 4 members (excludes halogenated alkanes) is 2. The number of aliphatic imine (C=N–C) groups is 1. The number of amides is 8. The van der Waals surface area contributed by atoms with E-state index in [1.807, 2.05) is 47.4 Å². The number of nitrogens with one attached hydrogen (secondary N) is 3. The van der Waals surface area contributed by atoms with E-state index in [0.717, 1.165) is 26.5 Å². The van der Waals surface area contributed by atoms with Crippen molar-refractivity contribution in [3.63, 3.8) is 0 Å². The van der Waals surface area contributed by atoms with Crippen molar-refractivity contribution in [1.29, 1.82) is 0 Å². The van der Waals surface area contributed by atoms with Crippen molar-refractivity contribution in [3.8, 4) is 23.0 Å². The minimum absolute atomic E-state index is 0.0201. The fourth-order valence-corrected chi connectivity index (χ4v) is 12.0. The lowest BCUT2D eigenvalue weighted by molar-refractivity contribution is -0.137. The van der Waals surface area contributed by atoms with Crippen LogP contribution < -0.4 is 39.8 Å². The van der Waals surface area contributed by atoms with Crippen molar-refractivity contribution in [2.24, 2.45) is 4.99 Å². The molecule has 1 aromatic heterocycles. The van der Waals surface area contributed by atoms with Crippen LogP contribution in [0.25, 0.3) is 0 Å². The molecule has 6 heterocycles. The predicted octanol–water partition coefficient (Wildman–Crippen LogP) is 7.06. The fraction of sp³-hybridized carbons (Fsp3) is 0.314. The Kier molecular flexibility index (Phi) is 19.6. The molecular weight excluding hydrogens is 1210 g/mol. The summed E-state index contributed by atoms with van der Waals surface area (Å²) in [4.78, 5) is 122. The SMILES string of the molecule is C=C(C)[C@H](NC(=O)CCCCCN1C(=O)C=CC1=O)C(=O)N[C@@H](C)C(=O)Nc1ccc(COC(=O)N2c3cc(OCc4cc(CO)cc(COc5cc6c(cc5OC)C(=O)N5Cc7ccccc7C[C@H]5C=N6)n4)c(OC)cc3C(=O)N3Cc4ccccc4CC3C2O)cc1. The van der Waals surface area contributed by atoms with E-state index in [2.05, 4.69) is 28.6 Å². The first kappa shape index (κ1) is 64.8. The van der Waals surface area contributed by atoms with E-state index in [-0.39, 0.29) is 98.9 Å². The quantitative estimate of drug-likeness (QED) is 0.0244. The summed E-state index contributed by atoms with van der Waals surface area (Å²) in [5.74, 6) is -2.23. The highest BCUT2D eigenvalue weighted by molar-refractivity contribution is 6.13. The Balaban J connectivity index is 0.749. The number of methoxy groups -OCH3 is 2. The molecule has 0 bridgehead atoms. The number of aliphatic hydroxyl groups is 2. The summed E-state index contributed by atoms with van der Waals surface area (Å²) in [6.45, 7) is 6.75. The van der Waals surface area contributed by atoms with Gasteiger partial charge in [0.25, 0.3) is 23.6 Å². The molecule has 5 aliphatic heterocycles. The van der Waals surface area contributed by atoms with Gasteiger partial charge in [0, 0.05) is 62.2 Å². The Morgan fingerprint density at radius 1 is 0.681 bits per heavy atom. The van der Waals surface area contributed by atoms with Crippen LogP contribution in [0.3, 0.4) is 0 Å². The van der Waals surface area contributed by atoms with Crippen molar-refractivity contribution in [3.05, 3.63) is 189 Å². The molecule has 5 atom stereocenters. The molecule has 94 heavy (non-hydrogen) atoms. The summed E-state index contributed by atoms with van der Waals surface area (Å²) in [5, 5.41) is 30.9. The maximum absolute atomic E-state index is 14.8. The largest absolute Gasteiger partial charge is 0.493 e. The number of nitrogens with zero attached hydrogens (tertiary/aromatic N) is 6. The molecule has 5 aromatic carbocycles. The number of anilines is 2. The Morgan fingerprint density at radius 3 is 1.93 bits per heavy atom. The highest BCUT2D eigenvalue weighted by Crippen LogP contribution is 2.43. The molecule has 0 saturated carbocycles. The van der Waals surface area contributed by atoms with Crippen molar-refractivity contribution in [2.45, 2.75) is 122 Å². The van der Waals surface area contributed by atoms with Crippen LogP contribution in [0.1, 0.15) is 105 Å². The zero-order valence-corrected chi connectivity index (χ0v) is 52.3. The van der Waals surface area contributed by atoms with Crippen LogP contribution in [0.4, 0.5) is 21.9 Å². The Morgan fingerprint density at radius 2 is 1.29 bits per heavy atom. The monoisotopic (exact) mass is 1280 g/mol. The Bertz CT molecular complexity index is 4040. The minimum Gasteiger partial charge on any atom is -0.493 e. The molecule has 24 nitrogen and oxygen atoms in total. The number of aromatic nitrogens is 1. The molecule has 24 heteroatoms. The molecule has 0 radical (unpaired) electrons. The summed E-state index contributed by atoms with van der Waals surface area (Å²) in [6.07, 6.45) is 4.03. The van der Waals surface area contributed by atoms with Gasteiger partial charge in [-0.05, 0) is 115 Å². The van der Waals surface area contributed by atoms with Gasteiger partial charge >= 0.3 is 6.09 Å². The average molecular weight is 1280 g/mol. The number of hydrogen-bond donors (Lipinski definition) is 5. The van der Waals surface area contributed by atoms with Crippen LogP contribution >= 0.6 is 0 Å². The number of carbonyl (C=O) groups excluding carboxylic acids is 8. The number of imide groups is 1. The van der Waals surface area contributed by atoms with Gasteiger partial charge in [0.1, 0.15) is 31.9 Å². The zero-order chi connectivity index (χ0) is 66.3. The van der Waals surface area contributed by atoms with Gasteiger partial charge in [-0.1, -0.05) is 73.7 Å². The first-order valence-corrected chi connectivity index (χ1v) is 30.8. The first-order chi connectivity index (χ1) is 45.4. The van der Waals surface area contributed by atoms with Crippen molar-refractivity contribution in [1.82, 2.24) is 30.3 Å². The van der Waals surface area contributed by atoms with Crippen molar-refractivity contribution >= 4 is 70.7 Å². The van der Waals surface area contributed by atoms with Gasteiger partial charge in [0.05, 0.1) is 66.8 Å². The summed E-state index contributed by atoms with van der Waals surface area (Å²) in [6, 6.07) is 28.1. The van der Waals surface area contributed by atoms with Gasteiger partial charge in [-0.2, -0.15) is 0 Å². The number of ether oxygens (including phenoxy) is 5. The molecule has 6 aromatic rings. The third kappa shape index (κ3) is 14.2. The smallest absolute Gasteiger partial charge is 0.416 e. The number of hydrogen-bond acceptors (Lipinski definition) is 17. The van der Waals surface area contributed by atoms with Gasteiger partial charge in [0.15, 0.2) is 29.2 Å². The second-order valence-corrected chi connectivity index (χ2v) is 23.5. The highest BCUT2D eigenvalue weighted by atomic mass is 16.6. The van der Waals surface area contributed by atoms with Crippen LogP contribution in [-0.2, 0) is 81.1 Å². The second kappa shape index (κ2) is 28.4. The molecule has 5 aliphatic rings. The van der Waals surface area contributed by atoms with Gasteiger partial charge in [-0.25, -0.2) is 9.69 Å². The highest BCUT2D eigenvalue weighted by Gasteiger charge is 2.46. The van der Waals surface area contributed by atoms with E-state index in [1.54, 1.807) is 61.7 Å². The van der Waals surface area contributed by atoms with Crippen molar-refractivity contribution < 1.29 is 72.3 Å². The standard InChI is InChI=1S/C70H71N9O15/c1-40(2)64(75-61(81)17-7-6-12-24-76-62(82)22-23-63(76)83)66(85)72-41(3)65(84)74-48-20-18-42(19-21-48)37-94-70(89)79-55-32-60(58(91-5)30-53(55)68(87)78-35-47-16-11-9-14-45(47)28-56(78)69(79)88)93-39-50-26-43(36-80)25-49(73-50)38-92-59-31-54-52(29-57(59)90-4)67(86)77-34-46-15-10-8-13-44(46)27-51(77)33-71-54/h8-11,13-16,18-23,25-26,29-33,41,51,56,64,69,80,88H,1,6-7,12,17,24,27-28,34-39H2,2-5H3,(H,72,85)(H,74,84)(H,75,81)/t41-,51-,56?,64-,69?/m0/s1. The van der Waals surface area contributed by atoms with Crippen LogP contribution in [0, 0.1) is 0 Å². The van der Waals surface area contributed by atoms with E-state index in [9.17, 15) is 48.6 Å². The molecule has 0 spiro atoms.